The van der Waals surface area contributed by atoms with Crippen molar-refractivity contribution in [1.29, 1.82) is 0 Å². The summed E-state index contributed by atoms with van der Waals surface area (Å²) in [4.78, 5) is 18.3. The molecule has 0 radical (unpaired) electrons. The molecule has 1 aliphatic rings. The molecule has 1 amide bonds. The van der Waals surface area contributed by atoms with Gasteiger partial charge >= 0.3 is 0 Å². The number of nitrogens with one attached hydrogen (secondary N) is 2. The molecule has 1 saturated heterocycles. The molecule has 0 saturated carbocycles. The Kier molecular flexibility index (Phi) is 6.73. The van der Waals surface area contributed by atoms with Gasteiger partial charge in [0.2, 0.25) is 5.91 Å². The Morgan fingerprint density at radius 3 is 2.69 bits per heavy atom. The van der Waals surface area contributed by atoms with E-state index in [0.29, 0.717) is 10.9 Å². The topological polar surface area (TPSA) is 81.1 Å². The van der Waals surface area contributed by atoms with Gasteiger partial charge in [-0.15, -0.1) is 11.8 Å². The number of anilines is 1. The van der Waals surface area contributed by atoms with E-state index in [1.807, 2.05) is 53.8 Å². The van der Waals surface area contributed by atoms with E-state index in [0.717, 1.165) is 46.6 Å². The van der Waals surface area contributed by atoms with Crippen LogP contribution in [0.25, 0.3) is 10.9 Å². The Morgan fingerprint density at radius 1 is 1.17 bits per heavy atom. The van der Waals surface area contributed by atoms with Crippen LogP contribution in [0.5, 0.6) is 11.5 Å². The van der Waals surface area contributed by atoms with E-state index in [4.69, 9.17) is 4.74 Å². The summed E-state index contributed by atoms with van der Waals surface area (Å²) in [5, 5.41) is 12.2. The number of amides is 1. The monoisotopic (exact) mass is 501 g/mol. The molecule has 186 valence electrons. The molecule has 4 aromatic rings. The van der Waals surface area contributed by atoms with Gasteiger partial charge in [-0.3, -0.25) is 14.5 Å². The summed E-state index contributed by atoms with van der Waals surface area (Å²) in [6.07, 6.45) is 5.58. The number of rotatable bonds is 7. The van der Waals surface area contributed by atoms with E-state index < -0.39 is 0 Å². The number of carbonyl (C=O) groups excluding carboxylic acids is 1. The fourth-order valence-electron chi connectivity index (χ4n) is 4.00. The molecule has 5 rings (SSSR count). The highest BCUT2D eigenvalue weighted by atomic mass is 32.2. The van der Waals surface area contributed by atoms with Gasteiger partial charge in [-0.1, -0.05) is 12.1 Å². The molecular formula is C28H31N5O2S. The van der Waals surface area contributed by atoms with Crippen molar-refractivity contribution in [1.82, 2.24) is 20.1 Å². The first-order valence-corrected chi connectivity index (χ1v) is 13.0. The van der Waals surface area contributed by atoms with Crippen LogP contribution in [0.15, 0.2) is 66.0 Å². The van der Waals surface area contributed by atoms with Crippen molar-refractivity contribution >= 4 is 34.3 Å². The third-order valence-electron chi connectivity index (χ3n) is 6.10. The zero-order valence-corrected chi connectivity index (χ0v) is 21.9. The first kappa shape index (κ1) is 24.3. The standard InChI is InChI=1S/C28H31N5O2S/c1-18-11-19(12-27(34)32-20-14-31-33(17-20)28(2,3)4)5-8-25(18)35-26-9-10-30-24-7-6-21(13-23(24)26)36-22-15-29-16-22/h5-11,13-14,17,22,29H,12,15-16H2,1-4H3,(H,32,34). The van der Waals surface area contributed by atoms with Crippen molar-refractivity contribution in [2.45, 2.75) is 49.8 Å². The fourth-order valence-corrected chi connectivity index (χ4v) is 5.12. The van der Waals surface area contributed by atoms with Crippen molar-refractivity contribution in [3.8, 4) is 11.5 Å². The van der Waals surface area contributed by atoms with Crippen molar-refractivity contribution in [2.75, 3.05) is 18.4 Å². The van der Waals surface area contributed by atoms with Crippen LogP contribution in [0.1, 0.15) is 31.9 Å². The summed E-state index contributed by atoms with van der Waals surface area (Å²) in [5.74, 6) is 1.46. The van der Waals surface area contributed by atoms with Gasteiger partial charge in [0.05, 0.1) is 29.4 Å². The smallest absolute Gasteiger partial charge is 0.228 e. The van der Waals surface area contributed by atoms with Gasteiger partial charge in [0, 0.05) is 41.0 Å². The number of ether oxygens (including phenoxy) is 1. The second kappa shape index (κ2) is 9.95. The summed E-state index contributed by atoms with van der Waals surface area (Å²) < 4.78 is 8.18. The van der Waals surface area contributed by atoms with Gasteiger partial charge in [-0.25, -0.2) is 0 Å². The van der Waals surface area contributed by atoms with Gasteiger partial charge in [0.15, 0.2) is 0 Å². The van der Waals surface area contributed by atoms with Crippen LogP contribution >= 0.6 is 11.8 Å². The van der Waals surface area contributed by atoms with Crippen LogP contribution < -0.4 is 15.4 Å². The van der Waals surface area contributed by atoms with E-state index in [1.165, 1.54) is 4.90 Å². The largest absolute Gasteiger partial charge is 0.456 e. The average molecular weight is 502 g/mol. The number of pyridine rings is 1. The lowest BCUT2D eigenvalue weighted by Crippen LogP contribution is -2.44. The van der Waals surface area contributed by atoms with Crippen LogP contribution in [0.3, 0.4) is 0 Å². The molecule has 0 bridgehead atoms. The Hall–Kier alpha value is -3.36. The van der Waals surface area contributed by atoms with E-state index in [2.05, 4.69) is 59.7 Å². The maximum atomic E-state index is 12.6. The quantitative estimate of drug-likeness (QED) is 0.346. The van der Waals surface area contributed by atoms with Crippen LogP contribution in [-0.4, -0.2) is 39.0 Å². The third-order valence-corrected chi connectivity index (χ3v) is 7.29. The molecule has 2 N–H and O–H groups in total. The second-order valence-corrected chi connectivity index (χ2v) is 11.5. The van der Waals surface area contributed by atoms with Crippen molar-refractivity contribution in [3.63, 3.8) is 0 Å². The highest BCUT2D eigenvalue weighted by molar-refractivity contribution is 8.00. The number of carbonyl (C=O) groups is 1. The van der Waals surface area contributed by atoms with Gasteiger partial charge in [-0.2, -0.15) is 5.10 Å². The molecule has 2 aromatic heterocycles. The van der Waals surface area contributed by atoms with Crippen LogP contribution in [0, 0.1) is 6.92 Å². The molecule has 0 aliphatic carbocycles. The minimum atomic E-state index is -0.134. The molecule has 0 atom stereocenters. The van der Waals surface area contributed by atoms with E-state index in [9.17, 15) is 4.79 Å². The lowest BCUT2D eigenvalue weighted by atomic mass is 10.1. The van der Waals surface area contributed by atoms with E-state index in [-0.39, 0.29) is 17.9 Å². The molecule has 1 aliphatic heterocycles. The highest BCUT2D eigenvalue weighted by Gasteiger charge is 2.19. The Balaban J connectivity index is 1.28. The summed E-state index contributed by atoms with van der Waals surface area (Å²) >= 11 is 1.88. The lowest BCUT2D eigenvalue weighted by Gasteiger charge is -2.26. The van der Waals surface area contributed by atoms with E-state index >= 15 is 0 Å². The number of benzene rings is 2. The van der Waals surface area contributed by atoms with Crippen molar-refractivity contribution in [3.05, 3.63) is 72.2 Å². The number of aromatic nitrogens is 3. The fraction of sp³-hybridized carbons (Fsp3) is 0.321. The molecule has 1 fully saturated rings. The minimum absolute atomic E-state index is 0.0802. The molecule has 0 spiro atoms. The molecular weight excluding hydrogens is 470 g/mol. The van der Waals surface area contributed by atoms with Gasteiger partial charge in [0.25, 0.3) is 0 Å². The molecule has 36 heavy (non-hydrogen) atoms. The van der Waals surface area contributed by atoms with Gasteiger partial charge in [-0.05, 0) is 69.2 Å². The maximum Gasteiger partial charge on any atom is 0.228 e. The van der Waals surface area contributed by atoms with Gasteiger partial charge in [0.1, 0.15) is 11.5 Å². The van der Waals surface area contributed by atoms with Crippen molar-refractivity contribution < 1.29 is 9.53 Å². The highest BCUT2D eigenvalue weighted by Crippen LogP contribution is 2.35. The number of fused-ring (bicyclic) bond motifs is 1. The van der Waals surface area contributed by atoms with Crippen LogP contribution in [0.2, 0.25) is 0 Å². The molecule has 3 heterocycles. The second-order valence-electron chi connectivity index (χ2n) is 10.2. The SMILES string of the molecule is Cc1cc(CC(=O)Nc2cnn(C(C)(C)C)c2)ccc1Oc1ccnc2ccc(SC3CNC3)cc12. The van der Waals surface area contributed by atoms with Crippen LogP contribution in [-0.2, 0) is 16.8 Å². The number of nitrogens with zero attached hydrogens (tertiary/aromatic N) is 3. The van der Waals surface area contributed by atoms with Gasteiger partial charge < -0.3 is 15.4 Å². The Labute approximate surface area is 215 Å². The first-order chi connectivity index (χ1) is 17.2. The summed E-state index contributed by atoms with van der Waals surface area (Å²) in [6.45, 7) is 10.3. The Bertz CT molecular complexity index is 1400. The van der Waals surface area contributed by atoms with Crippen molar-refractivity contribution in [2.24, 2.45) is 0 Å². The molecule has 2 aromatic carbocycles. The Morgan fingerprint density at radius 2 is 2.00 bits per heavy atom. The number of thioether (sulfide) groups is 1. The average Bonchev–Trinajstić information content (AvgIpc) is 3.27. The molecule has 0 unspecified atom stereocenters. The summed E-state index contributed by atoms with van der Waals surface area (Å²) in [7, 11) is 0. The number of hydrogen-bond acceptors (Lipinski definition) is 6. The third kappa shape index (κ3) is 5.55. The predicted octanol–water partition coefficient (Wildman–Crippen LogP) is 5.53. The number of aryl methyl sites for hydroxylation is 1. The minimum Gasteiger partial charge on any atom is -0.456 e. The lowest BCUT2D eigenvalue weighted by molar-refractivity contribution is -0.115. The molecule has 7 nitrogen and oxygen atoms in total. The summed E-state index contributed by atoms with van der Waals surface area (Å²) in [6, 6.07) is 14.1. The first-order valence-electron chi connectivity index (χ1n) is 12.1. The normalized spacial score (nSPS) is 14.0. The zero-order chi connectivity index (χ0) is 25.3. The van der Waals surface area contributed by atoms with Crippen LogP contribution in [0.4, 0.5) is 5.69 Å². The number of hydrogen-bond donors (Lipinski definition) is 2. The molecule has 8 heteroatoms. The summed E-state index contributed by atoms with van der Waals surface area (Å²) in [5.41, 5.74) is 3.36. The van der Waals surface area contributed by atoms with E-state index in [1.54, 1.807) is 12.4 Å². The zero-order valence-electron chi connectivity index (χ0n) is 21.0. The predicted molar refractivity (Wildman–Crippen MR) is 145 cm³/mol. The maximum absolute atomic E-state index is 12.6.